The van der Waals surface area contributed by atoms with Crippen LogP contribution in [-0.4, -0.2) is 82.5 Å². The van der Waals surface area contributed by atoms with Gasteiger partial charge in [0.2, 0.25) is 0 Å². The van der Waals surface area contributed by atoms with Crippen LogP contribution in [0.15, 0.2) is 4.99 Å². The third-order valence-electron chi connectivity index (χ3n) is 5.30. The minimum absolute atomic E-state index is 0.539. The van der Waals surface area contributed by atoms with E-state index in [9.17, 15) is 0 Å². The average Bonchev–Trinajstić information content (AvgIpc) is 3.27. The molecule has 0 bridgehead atoms. The molecule has 0 saturated carbocycles. The van der Waals surface area contributed by atoms with E-state index in [4.69, 9.17) is 9.73 Å². The summed E-state index contributed by atoms with van der Waals surface area (Å²) in [4.78, 5) is 9.78. The first kappa shape index (κ1) is 21.6. The largest absolute Gasteiger partial charge is 0.382 e. The normalized spacial score (nSPS) is 17.9. The molecule has 0 aliphatic carbocycles. The van der Waals surface area contributed by atoms with Gasteiger partial charge < -0.3 is 19.5 Å². The zero-order valence-electron chi connectivity index (χ0n) is 17.7. The van der Waals surface area contributed by atoms with Crippen LogP contribution in [0.2, 0.25) is 0 Å². The molecular formula is C19H37N7O. The fourth-order valence-corrected chi connectivity index (χ4v) is 3.49. The number of ether oxygens (including phenoxy) is 1. The molecule has 27 heavy (non-hydrogen) atoms. The van der Waals surface area contributed by atoms with Crippen LogP contribution in [-0.2, 0) is 18.3 Å². The Bertz CT molecular complexity index is 583. The number of rotatable bonds is 10. The molecule has 2 rings (SSSR count). The zero-order valence-corrected chi connectivity index (χ0v) is 17.7. The van der Waals surface area contributed by atoms with Crippen LogP contribution in [0.5, 0.6) is 0 Å². The second kappa shape index (κ2) is 11.2. The molecule has 8 heteroatoms. The second-order valence-electron chi connectivity index (χ2n) is 6.95. The third kappa shape index (κ3) is 6.17. The Labute approximate surface area is 164 Å². The number of likely N-dealkylation sites (N-methyl/N-ethyl adjacent to an activating group) is 1. The SMILES string of the molecule is CCOCCCNC(=NCc1nnc(C)n1C)N1CCC(N(CC)CC)C1. The molecule has 0 radical (unpaired) electrons. The maximum Gasteiger partial charge on any atom is 0.194 e. The topological polar surface area (TPSA) is 70.8 Å². The maximum absolute atomic E-state index is 5.44. The third-order valence-corrected chi connectivity index (χ3v) is 5.30. The summed E-state index contributed by atoms with van der Waals surface area (Å²) in [7, 11) is 1.99. The van der Waals surface area contributed by atoms with Crippen molar-refractivity contribution in [2.24, 2.45) is 12.0 Å². The molecule has 8 nitrogen and oxygen atoms in total. The van der Waals surface area contributed by atoms with Crippen LogP contribution in [0.4, 0.5) is 0 Å². The number of guanidine groups is 1. The van der Waals surface area contributed by atoms with Crippen LogP contribution < -0.4 is 5.32 Å². The summed E-state index contributed by atoms with van der Waals surface area (Å²) in [5, 5.41) is 11.9. The van der Waals surface area contributed by atoms with E-state index in [0.29, 0.717) is 12.6 Å². The molecule has 1 atom stereocenters. The first-order chi connectivity index (χ1) is 13.1. The highest BCUT2D eigenvalue weighted by atomic mass is 16.5. The Morgan fingerprint density at radius 1 is 1.30 bits per heavy atom. The summed E-state index contributed by atoms with van der Waals surface area (Å²) in [5.74, 6) is 2.77. The molecule has 154 valence electrons. The Hall–Kier alpha value is -1.67. The summed E-state index contributed by atoms with van der Waals surface area (Å²) in [5.41, 5.74) is 0. The molecular weight excluding hydrogens is 342 g/mol. The fourth-order valence-electron chi connectivity index (χ4n) is 3.49. The minimum atomic E-state index is 0.539. The lowest BCUT2D eigenvalue weighted by molar-refractivity contribution is 0.145. The van der Waals surface area contributed by atoms with Crippen molar-refractivity contribution in [1.29, 1.82) is 0 Å². The Kier molecular flexibility index (Phi) is 9.00. The molecule has 1 unspecified atom stereocenters. The van der Waals surface area contributed by atoms with Crippen LogP contribution >= 0.6 is 0 Å². The van der Waals surface area contributed by atoms with Gasteiger partial charge in [-0.2, -0.15) is 0 Å². The highest BCUT2D eigenvalue weighted by Gasteiger charge is 2.28. The summed E-state index contributed by atoms with van der Waals surface area (Å²) in [6.07, 6.45) is 2.16. The summed E-state index contributed by atoms with van der Waals surface area (Å²) < 4.78 is 7.44. The molecule has 1 aliphatic heterocycles. The van der Waals surface area contributed by atoms with Crippen LogP contribution in [0, 0.1) is 6.92 Å². The highest BCUT2D eigenvalue weighted by molar-refractivity contribution is 5.80. The monoisotopic (exact) mass is 379 g/mol. The number of nitrogens with one attached hydrogen (secondary N) is 1. The lowest BCUT2D eigenvalue weighted by Crippen LogP contribution is -2.43. The van der Waals surface area contributed by atoms with E-state index < -0.39 is 0 Å². The number of likely N-dealkylation sites (tertiary alicyclic amines) is 1. The van der Waals surface area contributed by atoms with Gasteiger partial charge >= 0.3 is 0 Å². The lowest BCUT2D eigenvalue weighted by atomic mass is 10.2. The molecule has 1 fully saturated rings. The number of hydrogen-bond donors (Lipinski definition) is 1. The van der Waals surface area contributed by atoms with Crippen molar-refractivity contribution in [3.8, 4) is 0 Å². The smallest absolute Gasteiger partial charge is 0.194 e. The Balaban J connectivity index is 2.00. The number of aryl methyl sites for hydroxylation is 1. The van der Waals surface area contributed by atoms with Crippen molar-refractivity contribution < 1.29 is 4.74 Å². The fraction of sp³-hybridized carbons (Fsp3) is 0.842. The summed E-state index contributed by atoms with van der Waals surface area (Å²) in [6.45, 7) is 15.7. The van der Waals surface area contributed by atoms with E-state index in [-0.39, 0.29) is 0 Å². The van der Waals surface area contributed by atoms with Crippen molar-refractivity contribution >= 4 is 5.96 Å². The van der Waals surface area contributed by atoms with E-state index in [1.54, 1.807) is 0 Å². The predicted octanol–water partition coefficient (Wildman–Crippen LogP) is 1.41. The van der Waals surface area contributed by atoms with Crippen molar-refractivity contribution in [3.63, 3.8) is 0 Å². The molecule has 1 aromatic heterocycles. The maximum atomic E-state index is 5.44. The summed E-state index contributed by atoms with van der Waals surface area (Å²) >= 11 is 0. The predicted molar refractivity (Wildman–Crippen MR) is 109 cm³/mol. The first-order valence-corrected chi connectivity index (χ1v) is 10.3. The van der Waals surface area contributed by atoms with Gasteiger partial charge in [0, 0.05) is 45.9 Å². The second-order valence-corrected chi connectivity index (χ2v) is 6.95. The molecule has 1 aromatic rings. The average molecular weight is 380 g/mol. The molecule has 1 aliphatic rings. The first-order valence-electron chi connectivity index (χ1n) is 10.3. The number of nitrogens with zero attached hydrogens (tertiary/aromatic N) is 6. The van der Waals surface area contributed by atoms with Crippen molar-refractivity contribution in [2.45, 2.75) is 53.1 Å². The van der Waals surface area contributed by atoms with Crippen molar-refractivity contribution in [3.05, 3.63) is 11.6 Å². The van der Waals surface area contributed by atoms with Gasteiger partial charge in [-0.25, -0.2) is 4.99 Å². The molecule has 1 saturated heterocycles. The molecule has 2 heterocycles. The van der Waals surface area contributed by atoms with Gasteiger partial charge in [0.05, 0.1) is 0 Å². The highest BCUT2D eigenvalue weighted by Crippen LogP contribution is 2.16. The lowest BCUT2D eigenvalue weighted by Gasteiger charge is -2.27. The van der Waals surface area contributed by atoms with Crippen LogP contribution in [0.25, 0.3) is 0 Å². The van der Waals surface area contributed by atoms with E-state index in [0.717, 1.165) is 70.0 Å². The molecule has 0 aromatic carbocycles. The Morgan fingerprint density at radius 2 is 2.07 bits per heavy atom. The molecule has 0 amide bonds. The van der Waals surface area contributed by atoms with Crippen LogP contribution in [0.1, 0.15) is 45.3 Å². The Morgan fingerprint density at radius 3 is 2.70 bits per heavy atom. The van der Waals surface area contributed by atoms with Gasteiger partial charge in [-0.15, -0.1) is 10.2 Å². The zero-order chi connectivity index (χ0) is 19.6. The number of hydrogen-bond acceptors (Lipinski definition) is 5. The van der Waals surface area contributed by atoms with Gasteiger partial charge in [0.1, 0.15) is 12.4 Å². The van der Waals surface area contributed by atoms with E-state index in [2.05, 4.69) is 39.2 Å². The van der Waals surface area contributed by atoms with Crippen molar-refractivity contribution in [2.75, 3.05) is 45.9 Å². The van der Waals surface area contributed by atoms with Gasteiger partial charge in [0.15, 0.2) is 11.8 Å². The van der Waals surface area contributed by atoms with E-state index >= 15 is 0 Å². The summed E-state index contributed by atoms with van der Waals surface area (Å²) in [6, 6.07) is 0.604. The number of aromatic nitrogens is 3. The van der Waals surface area contributed by atoms with Crippen molar-refractivity contribution in [1.82, 2.24) is 29.9 Å². The number of aliphatic imine (C=N–C) groups is 1. The standard InChI is InChI=1S/C19H37N7O/c1-6-25(7-2)17-10-12-26(15-17)19(20-11-9-13-27-8-3)21-14-18-23-22-16(4)24(18)5/h17H,6-15H2,1-5H3,(H,20,21). The van der Waals surface area contributed by atoms with Gasteiger partial charge in [-0.3, -0.25) is 4.90 Å². The van der Waals surface area contributed by atoms with Gasteiger partial charge in [-0.1, -0.05) is 13.8 Å². The van der Waals surface area contributed by atoms with Gasteiger partial charge in [-0.05, 0) is 39.8 Å². The minimum Gasteiger partial charge on any atom is -0.382 e. The van der Waals surface area contributed by atoms with E-state index in [1.807, 2.05) is 25.5 Å². The van der Waals surface area contributed by atoms with Gasteiger partial charge in [0.25, 0.3) is 0 Å². The quantitative estimate of drug-likeness (QED) is 0.377. The molecule has 1 N–H and O–H groups in total. The van der Waals surface area contributed by atoms with E-state index in [1.165, 1.54) is 6.42 Å². The molecule has 0 spiro atoms. The van der Waals surface area contributed by atoms with Crippen LogP contribution in [0.3, 0.4) is 0 Å².